The summed E-state index contributed by atoms with van der Waals surface area (Å²) in [5, 5.41) is 5.44. The van der Waals surface area contributed by atoms with Gasteiger partial charge in [0.05, 0.1) is 0 Å². The van der Waals surface area contributed by atoms with Crippen LogP contribution in [-0.4, -0.2) is 35.7 Å². The summed E-state index contributed by atoms with van der Waals surface area (Å²) in [5.74, 6) is 0.522. The van der Waals surface area contributed by atoms with Crippen LogP contribution in [0.25, 0.3) is 0 Å². The summed E-state index contributed by atoms with van der Waals surface area (Å²) in [6, 6.07) is 8.54. The van der Waals surface area contributed by atoms with E-state index in [2.05, 4.69) is 10.6 Å². The molecule has 2 N–H and O–H groups in total. The molecule has 0 saturated heterocycles. The van der Waals surface area contributed by atoms with Crippen LogP contribution >= 0.6 is 11.8 Å². The van der Waals surface area contributed by atoms with Gasteiger partial charge in [-0.2, -0.15) is 11.8 Å². The van der Waals surface area contributed by atoms with Gasteiger partial charge in [0.1, 0.15) is 11.6 Å². The number of nitrogens with one attached hydrogen (secondary N) is 2. The van der Waals surface area contributed by atoms with Crippen molar-refractivity contribution in [2.24, 2.45) is 0 Å². The summed E-state index contributed by atoms with van der Waals surface area (Å²) in [7, 11) is 0. The molecule has 2 amide bonds. The van der Waals surface area contributed by atoms with Gasteiger partial charge < -0.3 is 15.4 Å². The topological polar surface area (TPSA) is 67.4 Å². The number of hydrogen-bond acceptors (Lipinski definition) is 4. The SMILES string of the molecule is CSCC[C@@H](NC(=O)OC(C)(C)C)C(=O)Nc1ccccc1. The van der Waals surface area contributed by atoms with Crippen molar-refractivity contribution in [3.05, 3.63) is 30.3 Å². The molecule has 5 nitrogen and oxygen atoms in total. The molecule has 1 rings (SSSR count). The minimum atomic E-state index is -0.623. The maximum atomic E-state index is 12.3. The van der Waals surface area contributed by atoms with Crippen molar-refractivity contribution in [3.63, 3.8) is 0 Å². The molecular formula is C16H24N2O3S. The smallest absolute Gasteiger partial charge is 0.408 e. The molecule has 0 fully saturated rings. The Balaban J connectivity index is 2.66. The highest BCUT2D eigenvalue weighted by Gasteiger charge is 2.24. The van der Waals surface area contributed by atoms with Gasteiger partial charge >= 0.3 is 6.09 Å². The minimum absolute atomic E-state index is 0.244. The third-order valence-electron chi connectivity index (χ3n) is 2.66. The van der Waals surface area contributed by atoms with Gasteiger partial charge in [0.25, 0.3) is 0 Å². The predicted octanol–water partition coefficient (Wildman–Crippen LogP) is 3.27. The standard InChI is InChI=1S/C16H24N2O3S/c1-16(2,3)21-15(20)18-13(10-11-22-4)14(19)17-12-8-6-5-7-9-12/h5-9,13H,10-11H2,1-4H3,(H,17,19)(H,18,20)/t13-/m1/s1. The van der Waals surface area contributed by atoms with E-state index in [0.29, 0.717) is 12.1 Å². The second-order valence-electron chi connectivity index (χ2n) is 5.84. The van der Waals surface area contributed by atoms with Crippen LogP contribution in [0.15, 0.2) is 30.3 Å². The van der Waals surface area contributed by atoms with Crippen molar-refractivity contribution in [2.45, 2.75) is 38.8 Å². The number of amides is 2. The van der Waals surface area contributed by atoms with Crippen LogP contribution in [0.2, 0.25) is 0 Å². The molecule has 22 heavy (non-hydrogen) atoms. The molecule has 1 atom stereocenters. The van der Waals surface area contributed by atoms with Gasteiger partial charge in [-0.25, -0.2) is 4.79 Å². The second-order valence-corrected chi connectivity index (χ2v) is 6.82. The third kappa shape index (κ3) is 7.36. The van der Waals surface area contributed by atoms with Gasteiger partial charge in [-0.3, -0.25) is 4.79 Å². The maximum absolute atomic E-state index is 12.3. The predicted molar refractivity (Wildman–Crippen MR) is 91.2 cm³/mol. The second kappa shape index (κ2) is 8.68. The Morgan fingerprint density at radius 1 is 1.23 bits per heavy atom. The van der Waals surface area contributed by atoms with Gasteiger partial charge in [-0.05, 0) is 51.3 Å². The molecule has 0 heterocycles. The van der Waals surface area contributed by atoms with Gasteiger partial charge in [-0.1, -0.05) is 18.2 Å². The molecule has 0 aliphatic heterocycles. The lowest BCUT2D eigenvalue weighted by molar-refractivity contribution is -0.118. The number of thioether (sulfide) groups is 1. The van der Waals surface area contributed by atoms with Crippen molar-refractivity contribution < 1.29 is 14.3 Å². The summed E-state index contributed by atoms with van der Waals surface area (Å²) >= 11 is 1.62. The average molecular weight is 324 g/mol. The minimum Gasteiger partial charge on any atom is -0.444 e. The van der Waals surface area contributed by atoms with Crippen LogP contribution in [-0.2, 0) is 9.53 Å². The molecule has 0 spiro atoms. The van der Waals surface area contributed by atoms with Crippen LogP contribution < -0.4 is 10.6 Å². The Morgan fingerprint density at radius 2 is 1.86 bits per heavy atom. The monoisotopic (exact) mass is 324 g/mol. The number of carbonyl (C=O) groups is 2. The van der Waals surface area contributed by atoms with Crippen LogP contribution in [0.5, 0.6) is 0 Å². The number of rotatable bonds is 6. The Bertz CT molecular complexity index is 486. The molecule has 6 heteroatoms. The number of carbonyl (C=O) groups excluding carboxylic acids is 2. The first-order chi connectivity index (χ1) is 10.3. The van der Waals surface area contributed by atoms with Gasteiger partial charge in [-0.15, -0.1) is 0 Å². The zero-order valence-electron chi connectivity index (χ0n) is 13.5. The van der Waals surface area contributed by atoms with Crippen LogP contribution in [0, 0.1) is 0 Å². The lowest BCUT2D eigenvalue weighted by Gasteiger charge is -2.23. The number of benzene rings is 1. The molecule has 1 aromatic rings. The fraction of sp³-hybridized carbons (Fsp3) is 0.500. The number of hydrogen-bond donors (Lipinski definition) is 2. The number of ether oxygens (including phenoxy) is 1. The molecule has 0 aromatic heterocycles. The van der Waals surface area contributed by atoms with Crippen molar-refractivity contribution in [1.29, 1.82) is 0 Å². The van der Waals surface area contributed by atoms with Gasteiger partial charge in [0.2, 0.25) is 5.91 Å². The number of anilines is 1. The first kappa shape index (κ1) is 18.4. The van der Waals surface area contributed by atoms with E-state index >= 15 is 0 Å². The highest BCUT2D eigenvalue weighted by Crippen LogP contribution is 2.10. The zero-order chi connectivity index (χ0) is 16.6. The first-order valence-corrected chi connectivity index (χ1v) is 8.55. The molecule has 0 aliphatic rings. The quantitative estimate of drug-likeness (QED) is 0.843. The summed E-state index contributed by atoms with van der Waals surface area (Å²) in [4.78, 5) is 24.2. The molecule has 1 aromatic carbocycles. The van der Waals surface area contributed by atoms with E-state index < -0.39 is 17.7 Å². The molecule has 0 unspecified atom stereocenters. The number of alkyl carbamates (subject to hydrolysis) is 1. The van der Waals surface area contributed by atoms with E-state index in [0.717, 1.165) is 5.75 Å². The normalized spacial score (nSPS) is 12.4. The lowest BCUT2D eigenvalue weighted by Crippen LogP contribution is -2.46. The van der Waals surface area contributed by atoms with Crippen LogP contribution in [0.1, 0.15) is 27.2 Å². The first-order valence-electron chi connectivity index (χ1n) is 7.16. The van der Waals surface area contributed by atoms with Crippen LogP contribution in [0.4, 0.5) is 10.5 Å². The Hall–Kier alpha value is -1.69. The average Bonchev–Trinajstić information content (AvgIpc) is 2.42. The highest BCUT2D eigenvalue weighted by atomic mass is 32.2. The summed E-state index contributed by atoms with van der Waals surface area (Å²) in [6.45, 7) is 5.36. The number of para-hydroxylation sites is 1. The Kier molecular flexibility index (Phi) is 7.24. The van der Waals surface area contributed by atoms with Crippen molar-refractivity contribution >= 4 is 29.4 Å². The third-order valence-corrected chi connectivity index (χ3v) is 3.30. The van der Waals surface area contributed by atoms with Crippen molar-refractivity contribution in [2.75, 3.05) is 17.3 Å². The Labute approximate surface area is 136 Å². The molecule has 0 bridgehead atoms. The fourth-order valence-electron chi connectivity index (χ4n) is 1.71. The maximum Gasteiger partial charge on any atom is 0.408 e. The lowest BCUT2D eigenvalue weighted by atomic mass is 10.2. The Morgan fingerprint density at radius 3 is 2.41 bits per heavy atom. The van der Waals surface area contributed by atoms with Crippen molar-refractivity contribution in [3.8, 4) is 0 Å². The van der Waals surface area contributed by atoms with E-state index in [-0.39, 0.29) is 5.91 Å². The van der Waals surface area contributed by atoms with E-state index in [1.54, 1.807) is 44.7 Å². The largest absolute Gasteiger partial charge is 0.444 e. The molecule has 0 saturated carbocycles. The molecule has 0 radical (unpaired) electrons. The summed E-state index contributed by atoms with van der Waals surface area (Å²) in [5.41, 5.74) is 0.108. The van der Waals surface area contributed by atoms with Gasteiger partial charge in [0, 0.05) is 5.69 Å². The molecule has 0 aliphatic carbocycles. The zero-order valence-corrected chi connectivity index (χ0v) is 14.3. The summed E-state index contributed by atoms with van der Waals surface area (Å²) < 4.78 is 5.21. The van der Waals surface area contributed by atoms with E-state index in [1.165, 1.54) is 0 Å². The van der Waals surface area contributed by atoms with Gasteiger partial charge in [0.15, 0.2) is 0 Å². The van der Waals surface area contributed by atoms with E-state index in [1.807, 2.05) is 24.5 Å². The van der Waals surface area contributed by atoms with Crippen molar-refractivity contribution in [1.82, 2.24) is 5.32 Å². The van der Waals surface area contributed by atoms with E-state index in [9.17, 15) is 9.59 Å². The van der Waals surface area contributed by atoms with E-state index in [4.69, 9.17) is 4.74 Å². The summed E-state index contributed by atoms with van der Waals surface area (Å²) in [6.07, 6.45) is 1.92. The highest BCUT2D eigenvalue weighted by molar-refractivity contribution is 7.98. The van der Waals surface area contributed by atoms with Crippen LogP contribution in [0.3, 0.4) is 0 Å². The molecular weight excluding hydrogens is 300 g/mol. The fourth-order valence-corrected chi connectivity index (χ4v) is 2.18. The molecule has 122 valence electrons.